The number of rotatable bonds is 6. The lowest BCUT2D eigenvalue weighted by Crippen LogP contribution is -2.27. The number of ether oxygens (including phenoxy) is 1. The highest BCUT2D eigenvalue weighted by Gasteiger charge is 2.07. The molecule has 0 bridgehead atoms. The summed E-state index contributed by atoms with van der Waals surface area (Å²) in [4.78, 5) is 15.9. The van der Waals surface area contributed by atoms with E-state index >= 15 is 0 Å². The topological polar surface area (TPSA) is 63.2 Å². The third-order valence-corrected chi connectivity index (χ3v) is 3.35. The summed E-state index contributed by atoms with van der Waals surface area (Å²) in [6.07, 6.45) is 1.57. The largest absolute Gasteiger partial charge is 0.383 e. The van der Waals surface area contributed by atoms with Crippen LogP contribution in [0.4, 0.5) is 11.4 Å². The highest BCUT2D eigenvalue weighted by molar-refractivity contribution is 6.36. The lowest BCUT2D eigenvalue weighted by molar-refractivity contribution is 0.0932. The molecule has 0 atom stereocenters. The fourth-order valence-corrected chi connectivity index (χ4v) is 2.16. The Morgan fingerprint density at radius 1 is 1.27 bits per heavy atom. The zero-order chi connectivity index (χ0) is 15.9. The Labute approximate surface area is 138 Å². The van der Waals surface area contributed by atoms with Crippen LogP contribution in [0.1, 0.15) is 10.5 Å². The van der Waals surface area contributed by atoms with Crippen molar-refractivity contribution in [3.05, 3.63) is 52.3 Å². The quantitative estimate of drug-likeness (QED) is 0.790. The van der Waals surface area contributed by atoms with Gasteiger partial charge in [-0.3, -0.25) is 4.79 Å². The number of pyridine rings is 1. The number of nitrogens with one attached hydrogen (secondary N) is 2. The van der Waals surface area contributed by atoms with Crippen LogP contribution in [0.2, 0.25) is 10.0 Å². The first-order chi connectivity index (χ1) is 10.6. The molecule has 2 rings (SSSR count). The van der Waals surface area contributed by atoms with Gasteiger partial charge in [-0.2, -0.15) is 0 Å². The van der Waals surface area contributed by atoms with Crippen molar-refractivity contribution in [1.29, 1.82) is 0 Å². The molecule has 0 aliphatic carbocycles. The van der Waals surface area contributed by atoms with Gasteiger partial charge in [0, 0.05) is 18.7 Å². The predicted octanol–water partition coefficient (Wildman–Crippen LogP) is 3.51. The first-order valence-electron chi connectivity index (χ1n) is 6.55. The van der Waals surface area contributed by atoms with E-state index in [0.29, 0.717) is 34.6 Å². The molecule has 22 heavy (non-hydrogen) atoms. The summed E-state index contributed by atoms with van der Waals surface area (Å²) >= 11 is 11.9. The second kappa shape index (κ2) is 7.98. The number of hydrogen-bond donors (Lipinski definition) is 2. The maximum Gasteiger partial charge on any atom is 0.269 e. The van der Waals surface area contributed by atoms with E-state index in [0.717, 1.165) is 5.69 Å². The Balaban J connectivity index is 2.01. The number of aromatic nitrogens is 1. The first kappa shape index (κ1) is 16.5. The maximum absolute atomic E-state index is 11.8. The van der Waals surface area contributed by atoms with Gasteiger partial charge in [0.25, 0.3) is 5.91 Å². The molecule has 5 nitrogen and oxygen atoms in total. The van der Waals surface area contributed by atoms with Gasteiger partial charge in [-0.1, -0.05) is 23.2 Å². The molecule has 0 spiro atoms. The van der Waals surface area contributed by atoms with Crippen LogP contribution < -0.4 is 10.6 Å². The molecule has 1 aromatic carbocycles. The van der Waals surface area contributed by atoms with Gasteiger partial charge in [-0.05, 0) is 30.3 Å². The molecule has 116 valence electrons. The molecule has 0 aliphatic heterocycles. The van der Waals surface area contributed by atoms with Crippen LogP contribution in [0.25, 0.3) is 0 Å². The van der Waals surface area contributed by atoms with Crippen LogP contribution in [-0.2, 0) is 4.74 Å². The molecule has 2 N–H and O–H groups in total. The van der Waals surface area contributed by atoms with Crippen LogP contribution in [0.3, 0.4) is 0 Å². The number of carbonyl (C=O) groups excluding carboxylic acids is 1. The normalized spacial score (nSPS) is 10.3. The average molecular weight is 340 g/mol. The summed E-state index contributed by atoms with van der Waals surface area (Å²) in [5.74, 6) is -0.242. The SMILES string of the molecule is COCCNC(=O)c1ccc(Nc2ccc(Cl)cc2Cl)cn1. The third kappa shape index (κ3) is 4.59. The van der Waals surface area contributed by atoms with E-state index in [9.17, 15) is 4.79 Å². The summed E-state index contributed by atoms with van der Waals surface area (Å²) < 4.78 is 4.87. The number of carbonyl (C=O) groups is 1. The second-order valence-electron chi connectivity index (χ2n) is 4.43. The third-order valence-electron chi connectivity index (χ3n) is 2.80. The number of hydrogen-bond acceptors (Lipinski definition) is 4. The Hall–Kier alpha value is -1.82. The van der Waals surface area contributed by atoms with Crippen LogP contribution in [0, 0.1) is 0 Å². The van der Waals surface area contributed by atoms with Crippen molar-refractivity contribution >= 4 is 40.5 Å². The zero-order valence-corrected chi connectivity index (χ0v) is 13.4. The minimum absolute atomic E-state index is 0.242. The van der Waals surface area contributed by atoms with Crippen molar-refractivity contribution in [1.82, 2.24) is 10.3 Å². The standard InChI is InChI=1S/C15H15Cl2N3O2/c1-22-7-6-18-15(21)14-5-3-11(9-19-14)20-13-4-2-10(16)8-12(13)17/h2-5,8-9,20H,6-7H2,1H3,(H,18,21). The Kier molecular flexibility index (Phi) is 6.00. The summed E-state index contributed by atoms with van der Waals surface area (Å²) in [6.45, 7) is 0.901. The fourth-order valence-electron chi connectivity index (χ4n) is 1.71. The molecule has 0 unspecified atom stereocenters. The van der Waals surface area contributed by atoms with Gasteiger partial charge in [0.05, 0.1) is 29.2 Å². The van der Waals surface area contributed by atoms with Crippen molar-refractivity contribution in [2.24, 2.45) is 0 Å². The Morgan fingerprint density at radius 3 is 2.73 bits per heavy atom. The van der Waals surface area contributed by atoms with E-state index in [-0.39, 0.29) is 5.91 Å². The number of nitrogens with zero attached hydrogens (tertiary/aromatic N) is 1. The zero-order valence-electron chi connectivity index (χ0n) is 11.9. The summed E-state index contributed by atoms with van der Waals surface area (Å²) in [7, 11) is 1.58. The average Bonchev–Trinajstić information content (AvgIpc) is 2.51. The molecular weight excluding hydrogens is 325 g/mol. The predicted molar refractivity (Wildman–Crippen MR) is 88.2 cm³/mol. The van der Waals surface area contributed by atoms with Gasteiger partial charge in [-0.25, -0.2) is 4.98 Å². The first-order valence-corrected chi connectivity index (χ1v) is 7.31. The van der Waals surface area contributed by atoms with Gasteiger partial charge in [0.2, 0.25) is 0 Å². The van der Waals surface area contributed by atoms with Crippen LogP contribution >= 0.6 is 23.2 Å². The van der Waals surface area contributed by atoms with E-state index in [2.05, 4.69) is 15.6 Å². The second-order valence-corrected chi connectivity index (χ2v) is 5.27. The van der Waals surface area contributed by atoms with Gasteiger partial charge in [0.15, 0.2) is 0 Å². The molecule has 1 aromatic heterocycles. The van der Waals surface area contributed by atoms with Gasteiger partial charge >= 0.3 is 0 Å². The van der Waals surface area contributed by atoms with E-state index in [1.54, 1.807) is 43.6 Å². The van der Waals surface area contributed by atoms with Crippen LogP contribution in [0.5, 0.6) is 0 Å². The van der Waals surface area contributed by atoms with E-state index in [1.165, 1.54) is 0 Å². The van der Waals surface area contributed by atoms with E-state index in [4.69, 9.17) is 27.9 Å². The number of methoxy groups -OCH3 is 1. The number of amides is 1. The van der Waals surface area contributed by atoms with Crippen LogP contribution in [0.15, 0.2) is 36.5 Å². The summed E-state index contributed by atoms with van der Waals surface area (Å²) in [6, 6.07) is 8.55. The van der Waals surface area contributed by atoms with E-state index < -0.39 is 0 Å². The molecule has 0 radical (unpaired) electrons. The van der Waals surface area contributed by atoms with Gasteiger partial charge in [-0.15, -0.1) is 0 Å². The number of benzene rings is 1. The Morgan fingerprint density at radius 2 is 2.09 bits per heavy atom. The van der Waals surface area contributed by atoms with Crippen LogP contribution in [-0.4, -0.2) is 31.2 Å². The minimum Gasteiger partial charge on any atom is -0.383 e. The lowest BCUT2D eigenvalue weighted by atomic mass is 10.3. The van der Waals surface area contributed by atoms with Gasteiger partial charge < -0.3 is 15.4 Å². The fraction of sp³-hybridized carbons (Fsp3) is 0.200. The molecule has 0 fully saturated rings. The van der Waals surface area contributed by atoms with Crippen molar-refractivity contribution < 1.29 is 9.53 Å². The number of halogens is 2. The lowest BCUT2D eigenvalue weighted by Gasteiger charge is -2.09. The van der Waals surface area contributed by atoms with Gasteiger partial charge in [0.1, 0.15) is 5.69 Å². The molecular formula is C15H15Cl2N3O2. The van der Waals surface area contributed by atoms with Crippen molar-refractivity contribution in [3.63, 3.8) is 0 Å². The van der Waals surface area contributed by atoms with Crippen molar-refractivity contribution in [2.75, 3.05) is 25.6 Å². The minimum atomic E-state index is -0.242. The molecule has 1 amide bonds. The van der Waals surface area contributed by atoms with E-state index in [1.807, 2.05) is 0 Å². The number of anilines is 2. The molecule has 1 heterocycles. The van der Waals surface area contributed by atoms with Crippen molar-refractivity contribution in [2.45, 2.75) is 0 Å². The van der Waals surface area contributed by atoms with Crippen molar-refractivity contribution in [3.8, 4) is 0 Å². The molecule has 7 heteroatoms. The highest BCUT2D eigenvalue weighted by Crippen LogP contribution is 2.27. The summed E-state index contributed by atoms with van der Waals surface area (Å²) in [5.41, 5.74) is 1.77. The summed E-state index contributed by atoms with van der Waals surface area (Å²) in [5, 5.41) is 6.89. The maximum atomic E-state index is 11.8. The smallest absolute Gasteiger partial charge is 0.269 e. The monoisotopic (exact) mass is 339 g/mol. The molecule has 0 saturated heterocycles. The molecule has 2 aromatic rings. The molecule has 0 aliphatic rings. The highest BCUT2D eigenvalue weighted by atomic mass is 35.5. The molecule has 0 saturated carbocycles. The Bertz CT molecular complexity index is 648.